The van der Waals surface area contributed by atoms with Crippen molar-refractivity contribution in [1.29, 1.82) is 0 Å². The van der Waals surface area contributed by atoms with Crippen LogP contribution < -0.4 is 11.1 Å². The number of nitrogens with one attached hydrogen (secondary N) is 1. The number of unbranched alkanes of at least 4 members (excludes halogenated alkanes) is 3. The summed E-state index contributed by atoms with van der Waals surface area (Å²) >= 11 is 0. The van der Waals surface area contributed by atoms with Crippen LogP contribution in [0.5, 0.6) is 0 Å². The SMILES string of the molecule is CCCCCCNc1cc(N)nc(C(F)(F)F)n1. The maximum atomic E-state index is 12.4. The Bertz CT molecular complexity index is 379. The zero-order chi connectivity index (χ0) is 13.6. The summed E-state index contributed by atoms with van der Waals surface area (Å²) < 4.78 is 37.3. The van der Waals surface area contributed by atoms with Gasteiger partial charge in [-0.05, 0) is 6.42 Å². The summed E-state index contributed by atoms with van der Waals surface area (Å²) in [5, 5.41) is 2.83. The highest BCUT2D eigenvalue weighted by molar-refractivity contribution is 5.44. The lowest BCUT2D eigenvalue weighted by atomic mass is 10.2. The van der Waals surface area contributed by atoms with Crippen LogP contribution in [-0.4, -0.2) is 16.5 Å². The number of halogens is 3. The lowest BCUT2D eigenvalue weighted by Crippen LogP contribution is -2.14. The van der Waals surface area contributed by atoms with Crippen LogP contribution in [0.15, 0.2) is 6.07 Å². The number of nitrogen functional groups attached to an aromatic ring is 1. The summed E-state index contributed by atoms with van der Waals surface area (Å²) in [5.74, 6) is -1.28. The standard InChI is InChI=1S/C11H17F3N4/c1-2-3-4-5-6-16-9-7-8(15)17-10(18-9)11(12,13)14/h7H,2-6H2,1H3,(H3,15,16,17,18). The van der Waals surface area contributed by atoms with Crippen LogP contribution in [0.1, 0.15) is 38.4 Å². The van der Waals surface area contributed by atoms with Crippen molar-refractivity contribution < 1.29 is 13.2 Å². The predicted molar refractivity (Wildman–Crippen MR) is 64.1 cm³/mol. The first-order valence-corrected chi connectivity index (χ1v) is 5.89. The minimum Gasteiger partial charge on any atom is -0.384 e. The minimum absolute atomic E-state index is 0.117. The summed E-state index contributed by atoms with van der Waals surface area (Å²) in [6.45, 7) is 2.67. The first-order valence-electron chi connectivity index (χ1n) is 5.89. The van der Waals surface area contributed by atoms with Crippen molar-refractivity contribution in [3.8, 4) is 0 Å². The van der Waals surface area contributed by atoms with Gasteiger partial charge in [0.05, 0.1) is 0 Å². The molecule has 3 N–H and O–H groups in total. The van der Waals surface area contributed by atoms with Crippen molar-refractivity contribution in [2.24, 2.45) is 0 Å². The number of aromatic nitrogens is 2. The maximum absolute atomic E-state index is 12.4. The van der Waals surface area contributed by atoms with Crippen LogP contribution >= 0.6 is 0 Å². The molecule has 7 heteroatoms. The van der Waals surface area contributed by atoms with Crippen molar-refractivity contribution in [1.82, 2.24) is 9.97 Å². The van der Waals surface area contributed by atoms with E-state index in [-0.39, 0.29) is 11.6 Å². The van der Waals surface area contributed by atoms with Crippen LogP contribution in [0, 0.1) is 0 Å². The summed E-state index contributed by atoms with van der Waals surface area (Å²) in [6.07, 6.45) is -0.427. The molecule has 0 aromatic carbocycles. The zero-order valence-electron chi connectivity index (χ0n) is 10.2. The van der Waals surface area contributed by atoms with Gasteiger partial charge in [0.15, 0.2) is 0 Å². The van der Waals surface area contributed by atoms with E-state index in [4.69, 9.17) is 5.73 Å². The number of nitrogens with zero attached hydrogens (tertiary/aromatic N) is 2. The topological polar surface area (TPSA) is 63.8 Å². The molecule has 1 rings (SSSR count). The Hall–Kier alpha value is -1.53. The largest absolute Gasteiger partial charge is 0.451 e. The quantitative estimate of drug-likeness (QED) is 0.773. The molecule has 18 heavy (non-hydrogen) atoms. The van der Waals surface area contributed by atoms with Crippen molar-refractivity contribution in [3.05, 3.63) is 11.9 Å². The lowest BCUT2D eigenvalue weighted by Gasteiger charge is -2.09. The predicted octanol–water partition coefficient (Wildman–Crippen LogP) is 3.07. The van der Waals surface area contributed by atoms with Crippen LogP contribution in [-0.2, 0) is 6.18 Å². The van der Waals surface area contributed by atoms with E-state index in [1.807, 2.05) is 0 Å². The summed E-state index contributed by atoms with van der Waals surface area (Å²) in [7, 11) is 0. The molecule has 102 valence electrons. The fourth-order valence-electron chi connectivity index (χ4n) is 1.45. The fourth-order valence-corrected chi connectivity index (χ4v) is 1.45. The molecule has 0 atom stereocenters. The molecule has 4 nitrogen and oxygen atoms in total. The summed E-state index contributed by atoms with van der Waals surface area (Å²) in [6, 6.07) is 1.30. The Labute approximate surface area is 104 Å². The Balaban J connectivity index is 2.58. The van der Waals surface area contributed by atoms with E-state index in [1.165, 1.54) is 6.07 Å². The number of hydrogen-bond donors (Lipinski definition) is 2. The third kappa shape index (κ3) is 4.77. The molecule has 0 amide bonds. The second-order valence-corrected chi connectivity index (χ2v) is 3.99. The Morgan fingerprint density at radius 1 is 1.22 bits per heavy atom. The highest BCUT2D eigenvalue weighted by Gasteiger charge is 2.35. The molecular weight excluding hydrogens is 245 g/mol. The highest BCUT2D eigenvalue weighted by Crippen LogP contribution is 2.27. The molecule has 0 bridgehead atoms. The van der Waals surface area contributed by atoms with Crippen LogP contribution in [0.25, 0.3) is 0 Å². The molecule has 1 heterocycles. The van der Waals surface area contributed by atoms with Crippen molar-refractivity contribution in [2.75, 3.05) is 17.6 Å². The molecule has 0 aliphatic carbocycles. The van der Waals surface area contributed by atoms with Crippen molar-refractivity contribution >= 4 is 11.6 Å². The first-order chi connectivity index (χ1) is 8.43. The third-order valence-corrected chi connectivity index (χ3v) is 2.34. The monoisotopic (exact) mass is 262 g/mol. The van der Waals surface area contributed by atoms with Gasteiger partial charge in [0, 0.05) is 12.6 Å². The molecule has 0 radical (unpaired) electrons. The Kier molecular flexibility index (Phi) is 5.18. The smallest absolute Gasteiger partial charge is 0.384 e. The van der Waals surface area contributed by atoms with E-state index in [2.05, 4.69) is 22.2 Å². The van der Waals surface area contributed by atoms with Gasteiger partial charge >= 0.3 is 6.18 Å². The summed E-state index contributed by atoms with van der Waals surface area (Å²) in [4.78, 5) is 6.56. The third-order valence-electron chi connectivity index (χ3n) is 2.34. The Morgan fingerprint density at radius 2 is 1.94 bits per heavy atom. The molecule has 0 fully saturated rings. The van der Waals surface area contributed by atoms with E-state index >= 15 is 0 Å². The highest BCUT2D eigenvalue weighted by atomic mass is 19.4. The molecule has 1 aromatic rings. The van der Waals surface area contributed by atoms with Gasteiger partial charge in [-0.1, -0.05) is 26.2 Å². The number of rotatable bonds is 6. The van der Waals surface area contributed by atoms with Crippen LogP contribution in [0.4, 0.5) is 24.8 Å². The zero-order valence-corrected chi connectivity index (χ0v) is 10.2. The molecule has 0 saturated heterocycles. The lowest BCUT2D eigenvalue weighted by molar-refractivity contribution is -0.144. The summed E-state index contributed by atoms with van der Waals surface area (Å²) in [5.41, 5.74) is 5.32. The van der Waals surface area contributed by atoms with Gasteiger partial charge in [-0.2, -0.15) is 13.2 Å². The molecule has 0 spiro atoms. The van der Waals surface area contributed by atoms with E-state index in [9.17, 15) is 13.2 Å². The average molecular weight is 262 g/mol. The second kappa shape index (κ2) is 6.42. The molecule has 0 aliphatic rings. The fraction of sp³-hybridized carbons (Fsp3) is 0.636. The van der Waals surface area contributed by atoms with Crippen LogP contribution in [0.2, 0.25) is 0 Å². The van der Waals surface area contributed by atoms with E-state index in [0.29, 0.717) is 6.54 Å². The van der Waals surface area contributed by atoms with Crippen LogP contribution in [0.3, 0.4) is 0 Å². The average Bonchev–Trinajstić information content (AvgIpc) is 2.27. The normalized spacial score (nSPS) is 11.6. The Morgan fingerprint density at radius 3 is 2.56 bits per heavy atom. The van der Waals surface area contributed by atoms with Crippen molar-refractivity contribution in [2.45, 2.75) is 38.8 Å². The van der Waals surface area contributed by atoms with Gasteiger partial charge in [0.25, 0.3) is 0 Å². The van der Waals surface area contributed by atoms with Gasteiger partial charge in [0.1, 0.15) is 11.6 Å². The van der Waals surface area contributed by atoms with Gasteiger partial charge < -0.3 is 11.1 Å². The maximum Gasteiger partial charge on any atom is 0.451 e. The molecular formula is C11H17F3N4. The van der Waals surface area contributed by atoms with Gasteiger partial charge in [-0.3, -0.25) is 0 Å². The van der Waals surface area contributed by atoms with E-state index in [1.54, 1.807) is 0 Å². The number of alkyl halides is 3. The molecule has 0 aliphatic heterocycles. The molecule has 0 saturated carbocycles. The van der Waals surface area contributed by atoms with E-state index < -0.39 is 12.0 Å². The second-order valence-electron chi connectivity index (χ2n) is 3.99. The number of anilines is 2. The van der Waals surface area contributed by atoms with Gasteiger partial charge in [-0.15, -0.1) is 0 Å². The van der Waals surface area contributed by atoms with E-state index in [0.717, 1.165) is 25.7 Å². The van der Waals surface area contributed by atoms with Gasteiger partial charge in [-0.25, -0.2) is 9.97 Å². The molecule has 0 unspecified atom stereocenters. The van der Waals surface area contributed by atoms with Crippen molar-refractivity contribution in [3.63, 3.8) is 0 Å². The molecule has 1 aromatic heterocycles. The number of nitrogens with two attached hydrogens (primary N) is 1. The first kappa shape index (κ1) is 14.5. The minimum atomic E-state index is -4.58. The number of hydrogen-bond acceptors (Lipinski definition) is 4. The van der Waals surface area contributed by atoms with Gasteiger partial charge in [0.2, 0.25) is 5.82 Å².